The van der Waals surface area contributed by atoms with Crippen LogP contribution >= 0.6 is 0 Å². The minimum atomic E-state index is -4.85. The van der Waals surface area contributed by atoms with Crippen LogP contribution in [-0.2, 0) is 6.54 Å². The van der Waals surface area contributed by atoms with Gasteiger partial charge >= 0.3 is 18.1 Å². The van der Waals surface area contributed by atoms with Gasteiger partial charge in [-0.25, -0.2) is 14.2 Å². The number of carbonyl (C=O) groups is 1. The van der Waals surface area contributed by atoms with Crippen molar-refractivity contribution in [2.24, 2.45) is 5.73 Å². The lowest BCUT2D eigenvalue weighted by Gasteiger charge is -2.10. The summed E-state index contributed by atoms with van der Waals surface area (Å²) in [7, 11) is 0. The van der Waals surface area contributed by atoms with Crippen molar-refractivity contribution < 1.29 is 27.8 Å². The molecule has 2 aromatic heterocycles. The van der Waals surface area contributed by atoms with E-state index in [9.17, 15) is 27.9 Å². The second-order valence-corrected chi connectivity index (χ2v) is 6.18. The molecule has 158 valence electrons. The van der Waals surface area contributed by atoms with Crippen molar-refractivity contribution in [1.82, 2.24) is 14.1 Å². The highest BCUT2D eigenvalue weighted by atomic mass is 19.4. The first-order valence-corrected chi connectivity index (χ1v) is 8.43. The zero-order valence-electron chi connectivity index (χ0n) is 15.5. The minimum absolute atomic E-state index is 0.0291. The molecule has 2 heterocycles. The monoisotopic (exact) mass is 423 g/mol. The van der Waals surface area contributed by atoms with Gasteiger partial charge in [-0.15, -0.1) is 13.2 Å². The van der Waals surface area contributed by atoms with Gasteiger partial charge in [-0.05, 0) is 42.8 Å². The number of carbonyl (C=O) groups excluding carboxylic acids is 1. The molecule has 0 bridgehead atoms. The molecule has 0 spiro atoms. The van der Waals surface area contributed by atoms with Crippen molar-refractivity contribution in [1.29, 1.82) is 0 Å². The second kappa shape index (κ2) is 7.81. The van der Waals surface area contributed by atoms with E-state index in [-0.39, 0.29) is 29.5 Å². The van der Waals surface area contributed by atoms with Gasteiger partial charge in [0.05, 0.1) is 29.8 Å². The van der Waals surface area contributed by atoms with Crippen molar-refractivity contribution >= 4 is 11.7 Å². The highest BCUT2D eigenvalue weighted by molar-refractivity contribution is 5.88. The van der Waals surface area contributed by atoms with Crippen LogP contribution in [-0.4, -0.2) is 31.6 Å². The molecule has 12 heteroatoms. The van der Waals surface area contributed by atoms with Gasteiger partial charge in [0.2, 0.25) is 5.88 Å². The number of aromatic nitrogens is 3. The topological polar surface area (TPSA) is 124 Å². The van der Waals surface area contributed by atoms with Gasteiger partial charge in [0, 0.05) is 6.20 Å². The molecule has 0 unspecified atom stereocenters. The Morgan fingerprint density at radius 1 is 1.27 bits per heavy atom. The van der Waals surface area contributed by atoms with Crippen LogP contribution < -0.4 is 21.5 Å². The van der Waals surface area contributed by atoms with E-state index in [1.54, 1.807) is 6.07 Å². The van der Waals surface area contributed by atoms with E-state index in [0.29, 0.717) is 5.56 Å². The molecule has 3 rings (SSSR count). The molecular formula is C18H16F3N5O4. The number of pyridine rings is 1. The molecular weight excluding hydrogens is 407 g/mol. The number of nitrogens with two attached hydrogens (primary N) is 1. The first-order chi connectivity index (χ1) is 14.1. The van der Waals surface area contributed by atoms with E-state index in [1.807, 2.05) is 0 Å². The van der Waals surface area contributed by atoms with E-state index in [4.69, 9.17) is 5.73 Å². The summed E-state index contributed by atoms with van der Waals surface area (Å²) in [6, 6.07) is 5.22. The summed E-state index contributed by atoms with van der Waals surface area (Å²) < 4.78 is 42.9. The molecule has 0 saturated heterocycles. The van der Waals surface area contributed by atoms with Crippen LogP contribution in [0.15, 0.2) is 47.5 Å². The number of anilines is 1. The first kappa shape index (κ1) is 20.8. The van der Waals surface area contributed by atoms with Crippen LogP contribution in [0.3, 0.4) is 0 Å². The molecule has 2 amide bonds. The third-order valence-corrected chi connectivity index (χ3v) is 4.19. The van der Waals surface area contributed by atoms with Crippen molar-refractivity contribution in [3.8, 4) is 17.3 Å². The Morgan fingerprint density at radius 2 is 1.93 bits per heavy atom. The third-order valence-electron chi connectivity index (χ3n) is 4.19. The van der Waals surface area contributed by atoms with E-state index in [1.165, 1.54) is 36.0 Å². The summed E-state index contributed by atoms with van der Waals surface area (Å²) in [5.41, 5.74) is 5.62. The molecule has 1 aromatic carbocycles. The molecule has 30 heavy (non-hydrogen) atoms. The van der Waals surface area contributed by atoms with Crippen LogP contribution in [0.1, 0.15) is 11.3 Å². The molecule has 0 saturated carbocycles. The number of alkyl halides is 3. The molecule has 0 fully saturated rings. The molecule has 0 atom stereocenters. The maximum absolute atomic E-state index is 12.9. The fraction of sp³-hybridized carbons (Fsp3) is 0.167. The standard InChI is InChI=1S/C18H16F3N5O4/c1-10-15(27)26(12-2-4-13(5-3-12)30-18(19,20)21)17(29)25(10)9-11-6-7-23-8-14(11)24-16(22)28/h2-8,27H,9H2,1H3,(H3,22,24,28). The number of primary amides is 1. The molecule has 3 aromatic rings. The SMILES string of the molecule is Cc1c(O)n(-c2ccc(OC(F)(F)F)cc2)c(=O)n1Cc1ccncc1NC(N)=O. The maximum atomic E-state index is 12.9. The molecule has 0 aliphatic rings. The number of imidazole rings is 1. The van der Waals surface area contributed by atoms with Crippen LogP contribution in [0.5, 0.6) is 11.6 Å². The largest absolute Gasteiger partial charge is 0.573 e. The molecule has 0 aliphatic heterocycles. The van der Waals surface area contributed by atoms with Crippen molar-refractivity contribution in [2.45, 2.75) is 19.8 Å². The second-order valence-electron chi connectivity index (χ2n) is 6.18. The van der Waals surface area contributed by atoms with Gasteiger partial charge in [-0.1, -0.05) is 0 Å². The number of hydrogen-bond donors (Lipinski definition) is 3. The highest BCUT2D eigenvalue weighted by Gasteiger charge is 2.31. The number of ether oxygens (including phenoxy) is 1. The number of amides is 2. The number of hydrogen-bond acceptors (Lipinski definition) is 5. The summed E-state index contributed by atoms with van der Waals surface area (Å²) in [5, 5.41) is 12.8. The molecule has 0 radical (unpaired) electrons. The predicted molar refractivity (Wildman–Crippen MR) is 99.7 cm³/mol. The van der Waals surface area contributed by atoms with Crippen LogP contribution in [0.2, 0.25) is 0 Å². The lowest BCUT2D eigenvalue weighted by atomic mass is 10.2. The number of benzene rings is 1. The zero-order chi connectivity index (χ0) is 22.1. The smallest absolute Gasteiger partial charge is 0.493 e. The first-order valence-electron chi connectivity index (χ1n) is 8.43. The van der Waals surface area contributed by atoms with Gasteiger partial charge in [0.1, 0.15) is 5.75 Å². The van der Waals surface area contributed by atoms with Gasteiger partial charge in [0.15, 0.2) is 0 Å². The molecule has 4 N–H and O–H groups in total. The number of nitrogens with zero attached hydrogens (tertiary/aromatic N) is 3. The summed E-state index contributed by atoms with van der Waals surface area (Å²) in [4.78, 5) is 27.9. The van der Waals surface area contributed by atoms with E-state index in [0.717, 1.165) is 16.7 Å². The third kappa shape index (κ3) is 4.37. The number of urea groups is 1. The summed E-state index contributed by atoms with van der Waals surface area (Å²) >= 11 is 0. The average molecular weight is 423 g/mol. The van der Waals surface area contributed by atoms with Crippen LogP contribution in [0.25, 0.3) is 5.69 Å². The van der Waals surface area contributed by atoms with Gasteiger partial charge in [-0.3, -0.25) is 9.55 Å². The lowest BCUT2D eigenvalue weighted by molar-refractivity contribution is -0.274. The number of rotatable bonds is 5. The fourth-order valence-electron chi connectivity index (χ4n) is 2.83. The number of nitrogens with one attached hydrogen (secondary N) is 1. The molecule has 0 aliphatic carbocycles. The van der Waals surface area contributed by atoms with Crippen molar-refractivity contribution in [3.63, 3.8) is 0 Å². The Kier molecular flexibility index (Phi) is 5.41. The van der Waals surface area contributed by atoms with E-state index < -0.39 is 23.8 Å². The Hall–Kier alpha value is -3.96. The minimum Gasteiger partial charge on any atom is -0.493 e. The van der Waals surface area contributed by atoms with Gasteiger partial charge < -0.3 is 20.9 Å². The van der Waals surface area contributed by atoms with E-state index in [2.05, 4.69) is 15.0 Å². The number of aromatic hydroxyl groups is 1. The van der Waals surface area contributed by atoms with Crippen LogP contribution in [0.4, 0.5) is 23.7 Å². The Balaban J connectivity index is 1.97. The van der Waals surface area contributed by atoms with Gasteiger partial charge in [0.25, 0.3) is 0 Å². The molecule has 9 nitrogen and oxygen atoms in total. The van der Waals surface area contributed by atoms with Gasteiger partial charge in [-0.2, -0.15) is 0 Å². The van der Waals surface area contributed by atoms with E-state index >= 15 is 0 Å². The summed E-state index contributed by atoms with van der Waals surface area (Å²) in [5.74, 6) is -0.850. The maximum Gasteiger partial charge on any atom is 0.573 e. The van der Waals surface area contributed by atoms with Crippen molar-refractivity contribution in [3.05, 3.63) is 64.5 Å². The summed E-state index contributed by atoms with van der Waals surface area (Å²) in [6.45, 7) is 1.47. The fourth-order valence-corrected chi connectivity index (χ4v) is 2.83. The van der Waals surface area contributed by atoms with Crippen molar-refractivity contribution in [2.75, 3.05) is 5.32 Å². The average Bonchev–Trinajstić information content (AvgIpc) is 2.86. The Bertz CT molecular complexity index is 1140. The summed E-state index contributed by atoms with van der Waals surface area (Å²) in [6.07, 6.45) is -2.03. The van der Waals surface area contributed by atoms with Crippen LogP contribution in [0, 0.1) is 6.92 Å². The Morgan fingerprint density at radius 3 is 2.53 bits per heavy atom. The Labute approximate surface area is 167 Å². The predicted octanol–water partition coefficient (Wildman–Crippen LogP) is 2.49. The quantitative estimate of drug-likeness (QED) is 0.582. The normalized spacial score (nSPS) is 11.3. The highest BCUT2D eigenvalue weighted by Crippen LogP contribution is 2.26. The lowest BCUT2D eigenvalue weighted by Crippen LogP contribution is -2.25. The zero-order valence-corrected chi connectivity index (χ0v) is 15.5. The number of halogens is 3.